The summed E-state index contributed by atoms with van der Waals surface area (Å²) in [6.45, 7) is 0. The fourth-order valence-corrected chi connectivity index (χ4v) is 1.87. The molecule has 0 amide bonds. The molecule has 0 saturated heterocycles. The van der Waals surface area contributed by atoms with Gasteiger partial charge in [0, 0.05) is 5.56 Å². The zero-order valence-corrected chi connectivity index (χ0v) is 11.3. The minimum atomic E-state index is 0.636. The fourth-order valence-electron chi connectivity index (χ4n) is 1.87. The van der Waals surface area contributed by atoms with Crippen LogP contribution in [0.15, 0.2) is 66.7 Å². The van der Waals surface area contributed by atoms with Crippen molar-refractivity contribution in [3.8, 4) is 11.8 Å². The molecule has 2 aromatic rings. The molecule has 0 spiro atoms. The molecule has 0 N–H and O–H groups in total. The summed E-state index contributed by atoms with van der Waals surface area (Å²) in [5.74, 6) is 0.815. The molecule has 2 aromatic carbocycles. The van der Waals surface area contributed by atoms with Gasteiger partial charge in [-0.3, -0.25) is 0 Å². The van der Waals surface area contributed by atoms with E-state index in [0.29, 0.717) is 5.57 Å². The molecule has 0 unspecified atom stereocenters. The number of methoxy groups -OCH3 is 1. The second-order valence-corrected chi connectivity index (χ2v) is 4.16. The molecule has 0 bridgehead atoms. The summed E-state index contributed by atoms with van der Waals surface area (Å²) in [6, 6.07) is 19.6. The van der Waals surface area contributed by atoms with Crippen LogP contribution in [0, 0.1) is 11.3 Å². The number of para-hydroxylation sites is 1. The van der Waals surface area contributed by atoms with Gasteiger partial charge < -0.3 is 4.74 Å². The van der Waals surface area contributed by atoms with E-state index in [9.17, 15) is 5.26 Å². The zero-order valence-electron chi connectivity index (χ0n) is 11.3. The first-order chi connectivity index (χ1) is 9.85. The lowest BCUT2D eigenvalue weighted by atomic mass is 10.1. The van der Waals surface area contributed by atoms with E-state index in [0.717, 1.165) is 16.9 Å². The second kappa shape index (κ2) is 6.96. The topological polar surface area (TPSA) is 33.0 Å². The molecular formula is C18H15NO. The van der Waals surface area contributed by atoms with Crippen molar-refractivity contribution in [2.45, 2.75) is 0 Å². The van der Waals surface area contributed by atoms with Crippen LogP contribution in [0.1, 0.15) is 11.1 Å². The van der Waals surface area contributed by atoms with Gasteiger partial charge in [-0.15, -0.1) is 0 Å². The first-order valence-corrected chi connectivity index (χ1v) is 6.32. The van der Waals surface area contributed by atoms with Crippen LogP contribution in [0.5, 0.6) is 5.75 Å². The van der Waals surface area contributed by atoms with Crippen molar-refractivity contribution in [1.82, 2.24) is 0 Å². The van der Waals surface area contributed by atoms with Crippen molar-refractivity contribution in [3.05, 3.63) is 77.9 Å². The largest absolute Gasteiger partial charge is 0.496 e. The molecule has 2 nitrogen and oxygen atoms in total. The Bertz CT molecular complexity index is 663. The Kier molecular flexibility index (Phi) is 4.75. The number of nitriles is 1. The van der Waals surface area contributed by atoms with Gasteiger partial charge in [-0.1, -0.05) is 60.7 Å². The van der Waals surface area contributed by atoms with Crippen molar-refractivity contribution in [1.29, 1.82) is 5.26 Å². The SMILES string of the molecule is COc1ccccc1C=CC=C(C#N)c1ccccc1. The van der Waals surface area contributed by atoms with Gasteiger partial charge in [0.25, 0.3) is 0 Å². The molecule has 0 atom stereocenters. The third kappa shape index (κ3) is 3.37. The number of nitrogens with zero attached hydrogens (tertiary/aromatic N) is 1. The normalized spacial score (nSPS) is 11.3. The molecular weight excluding hydrogens is 246 g/mol. The standard InChI is InChI=1S/C18H15NO/c1-20-18-13-6-5-10-16(18)11-7-12-17(14-19)15-8-3-2-4-9-15/h2-13H,1H3. The van der Waals surface area contributed by atoms with E-state index in [1.54, 1.807) is 7.11 Å². The Morgan fingerprint density at radius 2 is 1.75 bits per heavy atom. The highest BCUT2D eigenvalue weighted by atomic mass is 16.5. The third-order valence-electron chi connectivity index (χ3n) is 2.88. The van der Waals surface area contributed by atoms with Crippen molar-refractivity contribution in [2.24, 2.45) is 0 Å². The molecule has 0 aliphatic rings. The van der Waals surface area contributed by atoms with Gasteiger partial charge in [-0.2, -0.15) is 5.26 Å². The molecule has 0 saturated carbocycles. The van der Waals surface area contributed by atoms with Gasteiger partial charge >= 0.3 is 0 Å². The minimum absolute atomic E-state index is 0.636. The van der Waals surface area contributed by atoms with E-state index in [4.69, 9.17) is 4.74 Å². The smallest absolute Gasteiger partial charge is 0.126 e. The van der Waals surface area contributed by atoms with E-state index in [-0.39, 0.29) is 0 Å². The first-order valence-electron chi connectivity index (χ1n) is 6.32. The predicted octanol–water partition coefficient (Wildman–Crippen LogP) is 4.32. The summed E-state index contributed by atoms with van der Waals surface area (Å²) in [5, 5.41) is 9.20. The third-order valence-corrected chi connectivity index (χ3v) is 2.88. The number of benzene rings is 2. The van der Waals surface area contributed by atoms with Crippen LogP contribution >= 0.6 is 0 Å². The van der Waals surface area contributed by atoms with Crippen LogP contribution in [0.2, 0.25) is 0 Å². The van der Waals surface area contributed by atoms with Gasteiger partial charge in [0.1, 0.15) is 5.75 Å². The Morgan fingerprint density at radius 1 is 1.05 bits per heavy atom. The molecule has 2 heteroatoms. The molecule has 0 aliphatic heterocycles. The number of allylic oxidation sites excluding steroid dienone is 3. The molecule has 0 heterocycles. The van der Waals surface area contributed by atoms with Gasteiger partial charge in [-0.25, -0.2) is 0 Å². The predicted molar refractivity (Wildman–Crippen MR) is 82.1 cm³/mol. The average Bonchev–Trinajstić information content (AvgIpc) is 2.53. The molecule has 2 rings (SSSR count). The van der Waals surface area contributed by atoms with Crippen LogP contribution in [-0.4, -0.2) is 7.11 Å². The fraction of sp³-hybridized carbons (Fsp3) is 0.0556. The maximum atomic E-state index is 9.20. The molecule has 0 fully saturated rings. The molecule has 98 valence electrons. The first kappa shape index (κ1) is 13.6. The highest BCUT2D eigenvalue weighted by Crippen LogP contribution is 2.19. The highest BCUT2D eigenvalue weighted by Gasteiger charge is 1.98. The second-order valence-electron chi connectivity index (χ2n) is 4.16. The Balaban J connectivity index is 2.23. The van der Waals surface area contributed by atoms with Crippen LogP contribution in [0.25, 0.3) is 11.6 Å². The average molecular weight is 261 g/mol. The molecule has 0 aliphatic carbocycles. The monoisotopic (exact) mass is 261 g/mol. The quantitative estimate of drug-likeness (QED) is 0.606. The van der Waals surface area contributed by atoms with E-state index in [1.165, 1.54) is 0 Å². The van der Waals surface area contributed by atoms with E-state index in [1.807, 2.05) is 72.8 Å². The van der Waals surface area contributed by atoms with Crippen LogP contribution in [0.4, 0.5) is 0 Å². The lowest BCUT2D eigenvalue weighted by Crippen LogP contribution is -1.85. The van der Waals surface area contributed by atoms with Crippen molar-refractivity contribution in [3.63, 3.8) is 0 Å². The molecule has 0 radical (unpaired) electrons. The summed E-state index contributed by atoms with van der Waals surface area (Å²) in [4.78, 5) is 0. The lowest BCUT2D eigenvalue weighted by Gasteiger charge is -2.02. The van der Waals surface area contributed by atoms with Gasteiger partial charge in [0.15, 0.2) is 0 Å². The van der Waals surface area contributed by atoms with Crippen molar-refractivity contribution >= 4 is 11.6 Å². The van der Waals surface area contributed by atoms with Crippen LogP contribution in [-0.2, 0) is 0 Å². The Morgan fingerprint density at radius 3 is 2.45 bits per heavy atom. The van der Waals surface area contributed by atoms with Gasteiger partial charge in [0.2, 0.25) is 0 Å². The highest BCUT2D eigenvalue weighted by molar-refractivity contribution is 5.78. The van der Waals surface area contributed by atoms with E-state index in [2.05, 4.69) is 6.07 Å². The zero-order chi connectivity index (χ0) is 14.2. The maximum Gasteiger partial charge on any atom is 0.126 e. The summed E-state index contributed by atoms with van der Waals surface area (Å²) < 4.78 is 5.28. The Labute approximate surface area is 119 Å². The summed E-state index contributed by atoms with van der Waals surface area (Å²) in [5.41, 5.74) is 2.54. The van der Waals surface area contributed by atoms with Crippen LogP contribution in [0.3, 0.4) is 0 Å². The van der Waals surface area contributed by atoms with Gasteiger partial charge in [0.05, 0.1) is 18.8 Å². The van der Waals surface area contributed by atoms with Crippen LogP contribution < -0.4 is 4.74 Å². The summed E-state index contributed by atoms with van der Waals surface area (Å²) >= 11 is 0. The number of rotatable bonds is 4. The molecule has 20 heavy (non-hydrogen) atoms. The Hall–Kier alpha value is -2.79. The summed E-state index contributed by atoms with van der Waals surface area (Å²) in [6.07, 6.45) is 5.60. The number of hydrogen-bond donors (Lipinski definition) is 0. The summed E-state index contributed by atoms with van der Waals surface area (Å²) in [7, 11) is 1.65. The lowest BCUT2D eigenvalue weighted by molar-refractivity contribution is 0.414. The number of ether oxygens (including phenoxy) is 1. The van der Waals surface area contributed by atoms with E-state index >= 15 is 0 Å². The maximum absolute atomic E-state index is 9.20. The number of hydrogen-bond acceptors (Lipinski definition) is 2. The van der Waals surface area contributed by atoms with Crippen molar-refractivity contribution < 1.29 is 4.74 Å². The van der Waals surface area contributed by atoms with Gasteiger partial charge in [-0.05, 0) is 17.7 Å². The van der Waals surface area contributed by atoms with E-state index < -0.39 is 0 Å². The molecule has 0 aromatic heterocycles. The van der Waals surface area contributed by atoms with Crippen molar-refractivity contribution in [2.75, 3.05) is 7.11 Å². The minimum Gasteiger partial charge on any atom is -0.496 e.